The van der Waals surface area contributed by atoms with Crippen molar-refractivity contribution in [3.05, 3.63) is 34.7 Å². The zero-order chi connectivity index (χ0) is 11.1. The zero-order valence-electron chi connectivity index (χ0n) is 8.74. The van der Waals surface area contributed by atoms with Crippen LogP contribution in [0.5, 0.6) is 0 Å². The third kappa shape index (κ3) is 1.60. The minimum Gasteiger partial charge on any atom is -0.316 e. The minimum absolute atomic E-state index is 0.468. The first-order valence-corrected chi connectivity index (χ1v) is 6.31. The number of sulfone groups is 1. The van der Waals surface area contributed by atoms with E-state index in [0.717, 1.165) is 16.7 Å². The van der Waals surface area contributed by atoms with Gasteiger partial charge in [0.15, 0.2) is 0 Å². The molecule has 1 heterocycles. The second-order valence-electron chi connectivity index (χ2n) is 3.67. The van der Waals surface area contributed by atoms with Gasteiger partial charge in [-0.25, -0.2) is 8.42 Å². The van der Waals surface area contributed by atoms with Crippen LogP contribution in [-0.2, 0) is 9.84 Å². The van der Waals surface area contributed by atoms with E-state index in [9.17, 15) is 8.42 Å². The van der Waals surface area contributed by atoms with E-state index in [-0.39, 0.29) is 0 Å². The molecule has 3 nitrogen and oxygen atoms in total. The summed E-state index contributed by atoms with van der Waals surface area (Å²) in [6, 6.07) is 5.57. The summed E-state index contributed by atoms with van der Waals surface area (Å²) in [5.41, 5.74) is 2.50. The van der Waals surface area contributed by atoms with E-state index in [1.165, 1.54) is 5.41 Å². The molecule has 80 valence electrons. The number of hydrogen-bond donors (Lipinski definition) is 1. The molecule has 1 N–H and O–H groups in total. The Labute approximate surface area is 89.7 Å². The molecular weight excluding hydrogens is 210 g/mol. The molecule has 1 aromatic carbocycles. The molecule has 0 bridgehead atoms. The van der Waals surface area contributed by atoms with E-state index in [1.54, 1.807) is 7.05 Å². The van der Waals surface area contributed by atoms with Gasteiger partial charge in [0.2, 0.25) is 9.84 Å². The summed E-state index contributed by atoms with van der Waals surface area (Å²) < 4.78 is 23.7. The summed E-state index contributed by atoms with van der Waals surface area (Å²) >= 11 is 0. The van der Waals surface area contributed by atoms with Gasteiger partial charge in [-0.2, -0.15) is 0 Å². The molecule has 2 rings (SSSR count). The molecule has 0 spiro atoms. The van der Waals surface area contributed by atoms with E-state index >= 15 is 0 Å². The molecule has 1 aliphatic rings. The maximum absolute atomic E-state index is 11.9. The van der Waals surface area contributed by atoms with Crippen LogP contribution in [0.4, 0.5) is 0 Å². The molecule has 0 radical (unpaired) electrons. The van der Waals surface area contributed by atoms with Crippen molar-refractivity contribution in [3.63, 3.8) is 0 Å². The smallest absolute Gasteiger partial charge is 0.201 e. The summed E-state index contributed by atoms with van der Waals surface area (Å²) in [6.07, 6.45) is 0. The normalized spacial score (nSPS) is 17.3. The minimum atomic E-state index is -3.21. The first-order valence-electron chi connectivity index (χ1n) is 4.76. The van der Waals surface area contributed by atoms with Crippen LogP contribution in [-0.4, -0.2) is 22.0 Å². The molecule has 1 aliphatic heterocycles. The molecule has 0 aromatic heterocycles. The SMILES string of the molecule is CNCC1=CS(=O)(=O)c2c(C)cccc21. The van der Waals surface area contributed by atoms with Gasteiger partial charge >= 0.3 is 0 Å². The van der Waals surface area contributed by atoms with Crippen LogP contribution in [0.1, 0.15) is 11.1 Å². The Morgan fingerprint density at radius 2 is 2.07 bits per heavy atom. The number of aryl methyl sites for hydroxylation is 1. The molecule has 0 saturated heterocycles. The average Bonchev–Trinajstić information content (AvgIpc) is 2.40. The predicted molar refractivity (Wildman–Crippen MR) is 60.3 cm³/mol. The number of fused-ring (bicyclic) bond motifs is 1. The summed E-state index contributed by atoms with van der Waals surface area (Å²) in [7, 11) is -1.40. The highest BCUT2D eigenvalue weighted by Crippen LogP contribution is 2.34. The van der Waals surface area contributed by atoms with Gasteiger partial charge in [-0.15, -0.1) is 0 Å². The lowest BCUT2D eigenvalue weighted by atomic mass is 10.1. The maximum Gasteiger partial charge on any atom is 0.201 e. The second kappa shape index (κ2) is 3.47. The van der Waals surface area contributed by atoms with Gasteiger partial charge in [-0.3, -0.25) is 0 Å². The van der Waals surface area contributed by atoms with Gasteiger partial charge in [0.25, 0.3) is 0 Å². The van der Waals surface area contributed by atoms with Crippen molar-refractivity contribution >= 4 is 15.4 Å². The van der Waals surface area contributed by atoms with E-state index in [1.807, 2.05) is 25.1 Å². The molecule has 0 unspecified atom stereocenters. The van der Waals surface area contributed by atoms with Crippen LogP contribution in [0.3, 0.4) is 0 Å². The van der Waals surface area contributed by atoms with Crippen LogP contribution in [0.15, 0.2) is 28.5 Å². The van der Waals surface area contributed by atoms with Gasteiger partial charge in [0, 0.05) is 12.0 Å². The van der Waals surface area contributed by atoms with E-state index in [4.69, 9.17) is 0 Å². The fourth-order valence-electron chi connectivity index (χ4n) is 1.92. The lowest BCUT2D eigenvalue weighted by Gasteiger charge is -2.05. The predicted octanol–water partition coefficient (Wildman–Crippen LogP) is 1.34. The first kappa shape index (κ1) is 10.4. The van der Waals surface area contributed by atoms with Crippen LogP contribution >= 0.6 is 0 Å². The van der Waals surface area contributed by atoms with Crippen LogP contribution in [0, 0.1) is 6.92 Å². The second-order valence-corrected chi connectivity index (χ2v) is 5.40. The van der Waals surface area contributed by atoms with Gasteiger partial charge < -0.3 is 5.32 Å². The molecule has 0 amide bonds. The van der Waals surface area contributed by atoms with Gasteiger partial charge in [-0.05, 0) is 30.7 Å². The highest BCUT2D eigenvalue weighted by Gasteiger charge is 2.27. The Bertz CT molecular complexity index is 530. The molecular formula is C11H13NO2S. The Morgan fingerprint density at radius 1 is 1.33 bits per heavy atom. The van der Waals surface area contributed by atoms with Crippen molar-refractivity contribution in [3.8, 4) is 0 Å². The summed E-state index contributed by atoms with van der Waals surface area (Å²) in [6.45, 7) is 2.40. The molecule has 4 heteroatoms. The van der Waals surface area contributed by atoms with E-state index in [0.29, 0.717) is 11.4 Å². The van der Waals surface area contributed by atoms with Crippen molar-refractivity contribution < 1.29 is 8.42 Å². The topological polar surface area (TPSA) is 46.2 Å². The third-order valence-corrected chi connectivity index (χ3v) is 4.21. The van der Waals surface area contributed by atoms with Crippen molar-refractivity contribution in [2.75, 3.05) is 13.6 Å². The van der Waals surface area contributed by atoms with E-state index < -0.39 is 9.84 Å². The Hall–Kier alpha value is -1.13. The Balaban J connectivity index is 2.68. The van der Waals surface area contributed by atoms with Crippen molar-refractivity contribution in [2.24, 2.45) is 0 Å². The third-order valence-electron chi connectivity index (χ3n) is 2.51. The van der Waals surface area contributed by atoms with Crippen molar-refractivity contribution in [1.82, 2.24) is 5.32 Å². The van der Waals surface area contributed by atoms with Crippen molar-refractivity contribution in [1.29, 1.82) is 0 Å². The highest BCUT2D eigenvalue weighted by molar-refractivity contribution is 7.95. The fraction of sp³-hybridized carbons (Fsp3) is 0.273. The van der Waals surface area contributed by atoms with Gasteiger partial charge in [-0.1, -0.05) is 18.2 Å². The molecule has 0 atom stereocenters. The molecule has 15 heavy (non-hydrogen) atoms. The molecule has 1 aromatic rings. The lowest BCUT2D eigenvalue weighted by Crippen LogP contribution is -2.08. The van der Waals surface area contributed by atoms with Crippen LogP contribution in [0.25, 0.3) is 5.57 Å². The standard InChI is InChI=1S/C11H13NO2S/c1-8-4-3-5-10-9(6-12-2)7-15(13,14)11(8)10/h3-5,7,12H,6H2,1-2H3. The maximum atomic E-state index is 11.9. The summed E-state index contributed by atoms with van der Waals surface area (Å²) in [5, 5.41) is 4.34. The van der Waals surface area contributed by atoms with Gasteiger partial charge in [0.1, 0.15) is 0 Å². The largest absolute Gasteiger partial charge is 0.316 e. The Kier molecular flexibility index (Phi) is 2.40. The lowest BCUT2D eigenvalue weighted by molar-refractivity contribution is 0.605. The average molecular weight is 223 g/mol. The molecule has 0 saturated carbocycles. The highest BCUT2D eigenvalue weighted by atomic mass is 32.2. The van der Waals surface area contributed by atoms with Gasteiger partial charge in [0.05, 0.1) is 4.90 Å². The summed E-state index contributed by atoms with van der Waals surface area (Å²) in [5.74, 6) is 0. The monoisotopic (exact) mass is 223 g/mol. The van der Waals surface area contributed by atoms with E-state index in [2.05, 4.69) is 5.32 Å². The number of likely N-dealkylation sites (N-methyl/N-ethyl adjacent to an activating group) is 1. The molecule has 0 aliphatic carbocycles. The van der Waals surface area contributed by atoms with Crippen LogP contribution in [0.2, 0.25) is 0 Å². The first-order chi connectivity index (χ1) is 7.06. The number of nitrogens with one attached hydrogen (secondary N) is 1. The van der Waals surface area contributed by atoms with Crippen molar-refractivity contribution in [2.45, 2.75) is 11.8 Å². The number of rotatable bonds is 2. The number of hydrogen-bond acceptors (Lipinski definition) is 3. The zero-order valence-corrected chi connectivity index (χ0v) is 9.56. The number of benzene rings is 1. The Morgan fingerprint density at radius 3 is 2.73 bits per heavy atom. The summed E-state index contributed by atoms with van der Waals surface area (Å²) in [4.78, 5) is 0.468. The fourth-order valence-corrected chi connectivity index (χ4v) is 3.65. The van der Waals surface area contributed by atoms with Crippen LogP contribution < -0.4 is 5.32 Å². The quantitative estimate of drug-likeness (QED) is 0.823. The molecule has 0 fully saturated rings.